The second-order valence-corrected chi connectivity index (χ2v) is 4.44. The predicted octanol–water partition coefficient (Wildman–Crippen LogP) is 1.07. The number of hydrogen-bond donors (Lipinski definition) is 1. The maximum absolute atomic E-state index is 11.9. The predicted molar refractivity (Wildman–Crippen MR) is 70.5 cm³/mol. The highest BCUT2D eigenvalue weighted by Crippen LogP contribution is 2.35. The van der Waals surface area contributed by atoms with Gasteiger partial charge >= 0.3 is 5.97 Å². The molecule has 1 aliphatic rings. The van der Waals surface area contributed by atoms with E-state index in [4.69, 9.17) is 9.47 Å². The van der Waals surface area contributed by atoms with E-state index in [9.17, 15) is 14.7 Å². The molecule has 2 rings (SSSR count). The molecule has 0 radical (unpaired) electrons. The van der Waals surface area contributed by atoms with Crippen molar-refractivity contribution in [3.63, 3.8) is 0 Å². The molecule has 1 heterocycles. The second-order valence-electron chi connectivity index (χ2n) is 4.44. The van der Waals surface area contributed by atoms with Crippen LogP contribution in [0.4, 0.5) is 0 Å². The summed E-state index contributed by atoms with van der Waals surface area (Å²) in [6, 6.07) is 6.38. The molecule has 0 unspecified atom stereocenters. The van der Waals surface area contributed by atoms with Crippen LogP contribution in [0.15, 0.2) is 24.3 Å². The van der Waals surface area contributed by atoms with Crippen molar-refractivity contribution in [2.24, 2.45) is 0 Å². The average Bonchev–Trinajstić information content (AvgIpc) is 2.46. The Kier molecular flexibility index (Phi) is 4.24. The first-order valence-electron chi connectivity index (χ1n) is 6.37. The van der Waals surface area contributed by atoms with E-state index in [2.05, 4.69) is 0 Å². The fourth-order valence-electron chi connectivity index (χ4n) is 2.47. The molecule has 20 heavy (non-hydrogen) atoms. The molecule has 0 aromatic heterocycles. The van der Waals surface area contributed by atoms with Crippen LogP contribution in [-0.2, 0) is 14.3 Å². The van der Waals surface area contributed by atoms with Crippen LogP contribution in [-0.4, -0.2) is 48.2 Å². The molecule has 1 amide bonds. The summed E-state index contributed by atoms with van der Waals surface area (Å²) in [5.74, 6) is -0.770. The van der Waals surface area contributed by atoms with E-state index in [1.54, 1.807) is 24.3 Å². The van der Waals surface area contributed by atoms with Crippen LogP contribution in [0.3, 0.4) is 0 Å². The van der Waals surface area contributed by atoms with Gasteiger partial charge in [0.1, 0.15) is 12.4 Å². The van der Waals surface area contributed by atoms with Crippen LogP contribution in [0.2, 0.25) is 0 Å². The third-order valence-electron chi connectivity index (χ3n) is 3.37. The topological polar surface area (TPSA) is 76.1 Å². The van der Waals surface area contributed by atoms with Crippen LogP contribution in [0.1, 0.15) is 18.5 Å². The lowest BCUT2D eigenvalue weighted by Gasteiger charge is -2.39. The lowest BCUT2D eigenvalue weighted by atomic mass is 9.97. The van der Waals surface area contributed by atoms with Crippen LogP contribution < -0.4 is 4.74 Å². The van der Waals surface area contributed by atoms with Gasteiger partial charge in [-0.3, -0.25) is 4.79 Å². The van der Waals surface area contributed by atoms with Gasteiger partial charge in [0.15, 0.2) is 6.10 Å². The number of carbonyl (C=O) groups is 2. The van der Waals surface area contributed by atoms with Crippen molar-refractivity contribution in [2.75, 3.05) is 20.3 Å². The first-order chi connectivity index (χ1) is 9.60. The number of amides is 1. The zero-order chi connectivity index (χ0) is 14.7. The summed E-state index contributed by atoms with van der Waals surface area (Å²) in [4.78, 5) is 24.9. The Morgan fingerprint density at radius 2 is 2.20 bits per heavy atom. The smallest absolute Gasteiger partial charge is 0.335 e. The van der Waals surface area contributed by atoms with Crippen molar-refractivity contribution in [3.8, 4) is 5.75 Å². The number of morpholine rings is 1. The molecule has 0 spiro atoms. The van der Waals surface area contributed by atoms with Crippen molar-refractivity contribution in [1.82, 2.24) is 4.90 Å². The van der Waals surface area contributed by atoms with E-state index < -0.39 is 18.1 Å². The summed E-state index contributed by atoms with van der Waals surface area (Å²) in [5, 5.41) is 9.33. The zero-order valence-electron chi connectivity index (χ0n) is 11.4. The van der Waals surface area contributed by atoms with Gasteiger partial charge in [0, 0.05) is 12.1 Å². The van der Waals surface area contributed by atoms with E-state index in [-0.39, 0.29) is 12.5 Å². The van der Waals surface area contributed by atoms with E-state index in [1.165, 1.54) is 12.0 Å². The summed E-state index contributed by atoms with van der Waals surface area (Å²) in [6.07, 6.45) is -1.09. The number of likely N-dealkylation sites (N-methyl/N-ethyl adjacent to an activating group) is 1. The van der Waals surface area contributed by atoms with Gasteiger partial charge in [-0.05, 0) is 13.0 Å². The molecule has 1 fully saturated rings. The van der Waals surface area contributed by atoms with E-state index in [0.717, 1.165) is 0 Å². The Labute approximate surface area is 116 Å². The minimum Gasteiger partial charge on any atom is -0.496 e. The SMILES string of the molecule is CCN1C(=O)CO[C@H](C(=O)O)[C@H]1c1ccccc1OC. The fourth-order valence-corrected chi connectivity index (χ4v) is 2.47. The number of hydrogen-bond acceptors (Lipinski definition) is 4. The highest BCUT2D eigenvalue weighted by Gasteiger charge is 2.42. The molecular formula is C14H17NO5. The number of para-hydroxylation sites is 1. The fraction of sp³-hybridized carbons (Fsp3) is 0.429. The second kappa shape index (κ2) is 5.92. The van der Waals surface area contributed by atoms with Crippen molar-refractivity contribution < 1.29 is 24.2 Å². The number of carboxylic acids is 1. The maximum Gasteiger partial charge on any atom is 0.335 e. The summed E-state index contributed by atoms with van der Waals surface area (Å²) >= 11 is 0. The molecule has 0 bridgehead atoms. The molecule has 6 heteroatoms. The average molecular weight is 279 g/mol. The van der Waals surface area contributed by atoms with E-state index >= 15 is 0 Å². The molecule has 2 atom stereocenters. The van der Waals surface area contributed by atoms with Crippen LogP contribution in [0, 0.1) is 0 Å². The van der Waals surface area contributed by atoms with Gasteiger partial charge in [0.2, 0.25) is 5.91 Å². The molecule has 1 saturated heterocycles. The van der Waals surface area contributed by atoms with Gasteiger partial charge in [-0.25, -0.2) is 4.79 Å². The third-order valence-corrected chi connectivity index (χ3v) is 3.37. The lowest BCUT2D eigenvalue weighted by Crippen LogP contribution is -2.51. The van der Waals surface area contributed by atoms with Gasteiger partial charge in [-0.1, -0.05) is 18.2 Å². The number of aliphatic carboxylic acids is 1. The molecule has 1 aliphatic heterocycles. The monoisotopic (exact) mass is 279 g/mol. The Hall–Kier alpha value is -2.08. The molecular weight excluding hydrogens is 262 g/mol. The minimum atomic E-state index is -1.09. The standard InChI is InChI=1S/C14H17NO5/c1-3-15-11(16)8-20-13(14(17)18)12(15)9-6-4-5-7-10(9)19-2/h4-7,12-13H,3,8H2,1-2H3,(H,17,18)/t12-,13+/m1/s1. The number of carbonyl (C=O) groups excluding carboxylic acids is 1. The van der Waals surface area contributed by atoms with Gasteiger partial charge in [-0.2, -0.15) is 0 Å². The number of benzene rings is 1. The maximum atomic E-state index is 11.9. The van der Waals surface area contributed by atoms with Crippen LogP contribution >= 0.6 is 0 Å². The normalized spacial score (nSPS) is 22.7. The Morgan fingerprint density at radius 3 is 2.80 bits per heavy atom. The molecule has 0 aliphatic carbocycles. The molecule has 6 nitrogen and oxygen atoms in total. The molecule has 1 N–H and O–H groups in total. The van der Waals surface area contributed by atoms with Crippen molar-refractivity contribution in [3.05, 3.63) is 29.8 Å². The lowest BCUT2D eigenvalue weighted by molar-refractivity contribution is -0.172. The molecule has 1 aromatic carbocycles. The van der Waals surface area contributed by atoms with Gasteiger partial charge < -0.3 is 19.5 Å². The van der Waals surface area contributed by atoms with E-state index in [1.807, 2.05) is 6.92 Å². The summed E-state index contributed by atoms with van der Waals surface area (Å²) in [7, 11) is 1.51. The largest absolute Gasteiger partial charge is 0.496 e. The summed E-state index contributed by atoms with van der Waals surface area (Å²) in [6.45, 7) is 2.01. The number of rotatable bonds is 4. The first kappa shape index (κ1) is 14.3. The number of ether oxygens (including phenoxy) is 2. The Morgan fingerprint density at radius 1 is 1.50 bits per heavy atom. The highest BCUT2D eigenvalue weighted by atomic mass is 16.5. The molecule has 108 valence electrons. The Balaban J connectivity index is 2.49. The van der Waals surface area contributed by atoms with Crippen molar-refractivity contribution in [1.29, 1.82) is 0 Å². The highest BCUT2D eigenvalue weighted by molar-refractivity contribution is 5.83. The summed E-state index contributed by atoms with van der Waals surface area (Å²) in [5.41, 5.74) is 0.636. The van der Waals surface area contributed by atoms with Crippen LogP contribution in [0.25, 0.3) is 0 Å². The van der Waals surface area contributed by atoms with Gasteiger partial charge in [0.05, 0.1) is 13.2 Å². The zero-order valence-corrected chi connectivity index (χ0v) is 11.4. The quantitative estimate of drug-likeness (QED) is 0.892. The minimum absolute atomic E-state index is 0.212. The number of methoxy groups -OCH3 is 1. The third kappa shape index (κ3) is 2.46. The Bertz CT molecular complexity index is 514. The summed E-state index contributed by atoms with van der Waals surface area (Å²) < 4.78 is 10.5. The van der Waals surface area contributed by atoms with Crippen molar-refractivity contribution in [2.45, 2.75) is 19.1 Å². The molecule has 1 aromatic rings. The van der Waals surface area contributed by atoms with Crippen molar-refractivity contribution >= 4 is 11.9 Å². The van der Waals surface area contributed by atoms with E-state index in [0.29, 0.717) is 17.9 Å². The number of carboxylic acid groups (broad SMARTS) is 1. The first-order valence-corrected chi connectivity index (χ1v) is 6.37. The van der Waals surface area contributed by atoms with Gasteiger partial charge in [-0.15, -0.1) is 0 Å². The van der Waals surface area contributed by atoms with Gasteiger partial charge in [0.25, 0.3) is 0 Å². The van der Waals surface area contributed by atoms with Crippen LogP contribution in [0.5, 0.6) is 5.75 Å². The number of nitrogens with zero attached hydrogens (tertiary/aromatic N) is 1. The molecule has 0 saturated carbocycles.